The number of aromatic nitrogens is 4. The van der Waals surface area contributed by atoms with E-state index in [0.29, 0.717) is 5.82 Å². The van der Waals surface area contributed by atoms with Gasteiger partial charge >= 0.3 is 0 Å². The highest BCUT2D eigenvalue weighted by Gasteiger charge is 2.12. The number of rotatable bonds is 4. The van der Waals surface area contributed by atoms with E-state index in [1.807, 2.05) is 24.3 Å². The summed E-state index contributed by atoms with van der Waals surface area (Å²) in [6.07, 6.45) is 0. The molecule has 0 spiro atoms. The van der Waals surface area contributed by atoms with E-state index in [0.717, 1.165) is 14.8 Å². The zero-order valence-corrected chi connectivity index (χ0v) is 13.4. The quantitative estimate of drug-likeness (QED) is 0.760. The van der Waals surface area contributed by atoms with Crippen LogP contribution in [0.5, 0.6) is 0 Å². The maximum Gasteiger partial charge on any atom is 0.248 e. The fourth-order valence-corrected chi connectivity index (χ4v) is 2.40. The number of benzene rings is 2. The minimum atomic E-state index is -0.499. The van der Waals surface area contributed by atoms with Crippen LogP contribution in [0.3, 0.4) is 0 Å². The zero-order valence-electron chi connectivity index (χ0n) is 11.8. The molecule has 2 aromatic carbocycles. The van der Waals surface area contributed by atoms with E-state index in [9.17, 15) is 9.18 Å². The Balaban J connectivity index is 1.71. The van der Waals surface area contributed by atoms with Crippen molar-refractivity contribution in [3.63, 3.8) is 0 Å². The molecule has 0 radical (unpaired) electrons. The molecule has 3 aromatic rings. The lowest BCUT2D eigenvalue weighted by atomic mass is 10.2. The number of tetrazole rings is 1. The predicted octanol–water partition coefficient (Wildman–Crippen LogP) is 2.88. The molecule has 0 fully saturated rings. The number of hydrogen-bond donors (Lipinski definition) is 1. The van der Waals surface area contributed by atoms with Gasteiger partial charge in [0, 0.05) is 10.0 Å². The topological polar surface area (TPSA) is 72.7 Å². The van der Waals surface area contributed by atoms with E-state index in [1.165, 1.54) is 12.1 Å². The maximum absolute atomic E-state index is 13.5. The first-order valence-electron chi connectivity index (χ1n) is 6.70. The number of carbonyl (C=O) groups is 1. The van der Waals surface area contributed by atoms with Crippen molar-refractivity contribution >= 4 is 27.5 Å². The van der Waals surface area contributed by atoms with Gasteiger partial charge in [0.1, 0.15) is 12.4 Å². The molecule has 1 aromatic heterocycles. The van der Waals surface area contributed by atoms with Gasteiger partial charge in [-0.3, -0.25) is 4.79 Å². The van der Waals surface area contributed by atoms with Crippen LogP contribution in [0.25, 0.3) is 11.4 Å². The van der Waals surface area contributed by atoms with E-state index in [-0.39, 0.29) is 12.2 Å². The number of anilines is 1. The monoisotopic (exact) mass is 375 g/mol. The van der Waals surface area contributed by atoms with E-state index in [4.69, 9.17) is 0 Å². The number of nitrogens with one attached hydrogen (secondary N) is 1. The SMILES string of the molecule is O=C(Cn1nnc(-c2ccccc2Br)n1)Nc1ccccc1F. The summed E-state index contributed by atoms with van der Waals surface area (Å²) in [4.78, 5) is 13.1. The highest BCUT2D eigenvalue weighted by molar-refractivity contribution is 9.10. The summed E-state index contributed by atoms with van der Waals surface area (Å²) >= 11 is 3.41. The molecule has 116 valence electrons. The summed E-state index contributed by atoms with van der Waals surface area (Å²) in [6, 6.07) is 13.4. The van der Waals surface area contributed by atoms with Gasteiger partial charge in [0.15, 0.2) is 0 Å². The van der Waals surface area contributed by atoms with Crippen LogP contribution in [0.1, 0.15) is 0 Å². The lowest BCUT2D eigenvalue weighted by Gasteiger charge is -2.05. The van der Waals surface area contributed by atoms with Gasteiger partial charge in [-0.05, 0) is 29.5 Å². The molecule has 8 heteroatoms. The summed E-state index contributed by atoms with van der Waals surface area (Å²) in [5.41, 5.74) is 0.886. The summed E-state index contributed by atoms with van der Waals surface area (Å²) in [5.74, 6) is -0.538. The summed E-state index contributed by atoms with van der Waals surface area (Å²) in [6.45, 7) is -0.161. The Morgan fingerprint density at radius 1 is 1.17 bits per heavy atom. The molecule has 0 bridgehead atoms. The standard InChI is InChI=1S/C15H11BrFN5O/c16-11-6-2-1-5-10(11)15-19-21-22(20-15)9-14(23)18-13-8-4-3-7-12(13)17/h1-8H,9H2,(H,18,23). The van der Waals surface area contributed by atoms with Crippen LogP contribution in [0, 0.1) is 5.82 Å². The van der Waals surface area contributed by atoms with Crippen molar-refractivity contribution in [2.24, 2.45) is 0 Å². The molecule has 0 aliphatic heterocycles. The highest BCUT2D eigenvalue weighted by atomic mass is 79.9. The smallest absolute Gasteiger partial charge is 0.248 e. The van der Waals surface area contributed by atoms with Gasteiger partial charge < -0.3 is 5.32 Å². The van der Waals surface area contributed by atoms with Crippen LogP contribution in [-0.4, -0.2) is 26.1 Å². The van der Waals surface area contributed by atoms with Gasteiger partial charge in [0.05, 0.1) is 5.69 Å². The Morgan fingerprint density at radius 3 is 2.70 bits per heavy atom. The van der Waals surface area contributed by atoms with Crippen LogP contribution in [0.15, 0.2) is 53.0 Å². The molecule has 0 aliphatic rings. The number of amides is 1. The third kappa shape index (κ3) is 3.59. The number of carbonyl (C=O) groups excluding carboxylic acids is 1. The molecule has 3 rings (SSSR count). The van der Waals surface area contributed by atoms with Gasteiger partial charge in [-0.15, -0.1) is 10.2 Å². The number of para-hydroxylation sites is 1. The van der Waals surface area contributed by atoms with Crippen molar-refractivity contribution in [2.75, 3.05) is 5.32 Å². The van der Waals surface area contributed by atoms with Crippen molar-refractivity contribution in [2.45, 2.75) is 6.54 Å². The van der Waals surface area contributed by atoms with Crippen molar-refractivity contribution in [3.05, 3.63) is 58.8 Å². The summed E-state index contributed by atoms with van der Waals surface area (Å²) in [5, 5.41) is 14.4. The molecule has 23 heavy (non-hydrogen) atoms. The Labute approximate surface area is 139 Å². The molecule has 0 unspecified atom stereocenters. The van der Waals surface area contributed by atoms with Gasteiger partial charge in [-0.25, -0.2) is 4.39 Å². The molecule has 1 amide bonds. The van der Waals surface area contributed by atoms with Crippen LogP contribution < -0.4 is 5.32 Å². The van der Waals surface area contributed by atoms with E-state index >= 15 is 0 Å². The van der Waals surface area contributed by atoms with Crippen LogP contribution in [0.4, 0.5) is 10.1 Å². The molecule has 0 atom stereocenters. The maximum atomic E-state index is 13.5. The van der Waals surface area contributed by atoms with Crippen molar-refractivity contribution < 1.29 is 9.18 Å². The van der Waals surface area contributed by atoms with Gasteiger partial charge in [-0.1, -0.05) is 40.2 Å². The molecule has 1 N–H and O–H groups in total. The minimum Gasteiger partial charge on any atom is -0.322 e. The minimum absolute atomic E-state index is 0.114. The summed E-state index contributed by atoms with van der Waals surface area (Å²) < 4.78 is 14.3. The lowest BCUT2D eigenvalue weighted by Crippen LogP contribution is -2.21. The first-order chi connectivity index (χ1) is 11.1. The predicted molar refractivity (Wildman–Crippen MR) is 86.0 cm³/mol. The fraction of sp³-hybridized carbons (Fsp3) is 0.0667. The average molecular weight is 376 g/mol. The van der Waals surface area contributed by atoms with Crippen molar-refractivity contribution in [1.82, 2.24) is 20.2 Å². The van der Waals surface area contributed by atoms with E-state index in [1.54, 1.807) is 12.1 Å². The molecule has 0 aliphatic carbocycles. The number of halogens is 2. The molecular weight excluding hydrogens is 365 g/mol. The van der Waals surface area contributed by atoms with Gasteiger partial charge in [0.25, 0.3) is 0 Å². The largest absolute Gasteiger partial charge is 0.322 e. The second-order valence-electron chi connectivity index (χ2n) is 4.65. The summed E-state index contributed by atoms with van der Waals surface area (Å²) in [7, 11) is 0. The van der Waals surface area contributed by atoms with Gasteiger partial charge in [-0.2, -0.15) is 4.80 Å². The third-order valence-electron chi connectivity index (χ3n) is 3.00. The Kier molecular flexibility index (Phi) is 4.42. The molecular formula is C15H11BrFN5O. The van der Waals surface area contributed by atoms with Crippen LogP contribution in [0.2, 0.25) is 0 Å². The van der Waals surface area contributed by atoms with Crippen LogP contribution >= 0.6 is 15.9 Å². The average Bonchev–Trinajstić information content (AvgIpc) is 2.98. The second kappa shape index (κ2) is 6.66. The Hall–Kier alpha value is -2.61. The molecule has 6 nitrogen and oxygen atoms in total. The second-order valence-corrected chi connectivity index (χ2v) is 5.51. The van der Waals surface area contributed by atoms with Crippen LogP contribution in [-0.2, 0) is 11.3 Å². The zero-order chi connectivity index (χ0) is 16.2. The molecule has 0 saturated heterocycles. The first-order valence-corrected chi connectivity index (χ1v) is 7.50. The number of hydrogen-bond acceptors (Lipinski definition) is 4. The van der Waals surface area contributed by atoms with Crippen molar-refractivity contribution in [1.29, 1.82) is 0 Å². The third-order valence-corrected chi connectivity index (χ3v) is 3.69. The lowest BCUT2D eigenvalue weighted by molar-refractivity contribution is -0.117. The van der Waals surface area contributed by atoms with Crippen molar-refractivity contribution in [3.8, 4) is 11.4 Å². The Bertz CT molecular complexity index is 851. The number of nitrogens with zero attached hydrogens (tertiary/aromatic N) is 4. The van der Waals surface area contributed by atoms with Gasteiger partial charge in [0.2, 0.25) is 11.7 Å². The molecule has 1 heterocycles. The Morgan fingerprint density at radius 2 is 1.91 bits per heavy atom. The fourth-order valence-electron chi connectivity index (χ4n) is 1.94. The normalized spacial score (nSPS) is 10.5. The van der Waals surface area contributed by atoms with E-state index < -0.39 is 11.7 Å². The first kappa shape index (κ1) is 15.3. The highest BCUT2D eigenvalue weighted by Crippen LogP contribution is 2.24. The molecule has 0 saturated carbocycles. The van der Waals surface area contributed by atoms with E-state index in [2.05, 4.69) is 36.7 Å².